The molecule has 84 valence electrons. The van der Waals surface area contributed by atoms with Crippen molar-refractivity contribution in [2.24, 2.45) is 5.92 Å². The van der Waals surface area contributed by atoms with E-state index in [-0.39, 0.29) is 5.79 Å². The molecule has 1 aliphatic heterocycles. The Morgan fingerprint density at radius 3 is 2.00 bits per heavy atom. The van der Waals surface area contributed by atoms with E-state index in [1.54, 1.807) is 0 Å². The Morgan fingerprint density at radius 2 is 1.64 bits per heavy atom. The summed E-state index contributed by atoms with van der Waals surface area (Å²) in [5.74, 6) is 0.351. The van der Waals surface area contributed by atoms with Crippen molar-refractivity contribution in [1.82, 2.24) is 0 Å². The van der Waals surface area contributed by atoms with Crippen molar-refractivity contribution < 1.29 is 9.47 Å². The molecule has 0 aromatic carbocycles. The Labute approximate surface area is 101 Å². The fourth-order valence-corrected chi connectivity index (χ4v) is 2.40. The van der Waals surface area contributed by atoms with Gasteiger partial charge < -0.3 is 9.47 Å². The maximum atomic E-state index is 5.92. The highest BCUT2D eigenvalue weighted by Gasteiger charge is 2.35. The Balaban J connectivity index is 2.45. The molecule has 1 rings (SSSR count). The van der Waals surface area contributed by atoms with Crippen LogP contribution in [0.4, 0.5) is 0 Å². The van der Waals surface area contributed by atoms with E-state index in [2.05, 4.69) is 36.4 Å². The minimum atomic E-state index is -0.244. The summed E-state index contributed by atoms with van der Waals surface area (Å²) in [6.45, 7) is 6.13. The first-order valence-electron chi connectivity index (χ1n) is 5.60. The predicted octanol–water partition coefficient (Wildman–Crippen LogP) is 3.38. The Kier molecular flexibility index (Phi) is 5.71. The second kappa shape index (κ2) is 6.28. The smallest absolute Gasteiger partial charge is 0.168 e. The van der Waals surface area contributed by atoms with Crippen LogP contribution in [0, 0.1) is 5.92 Å². The average molecular weight is 312 g/mol. The van der Waals surface area contributed by atoms with Gasteiger partial charge in [0.2, 0.25) is 0 Å². The molecular weight excluding hydrogens is 291 g/mol. The third-order valence-electron chi connectivity index (χ3n) is 2.64. The van der Waals surface area contributed by atoms with E-state index in [0.29, 0.717) is 5.92 Å². The first-order valence-corrected chi connectivity index (χ1v) is 7.12. The summed E-state index contributed by atoms with van der Waals surface area (Å²) in [5, 5.41) is 0. The lowest BCUT2D eigenvalue weighted by atomic mass is 10.0. The second-order valence-corrected chi connectivity index (χ2v) is 4.93. The summed E-state index contributed by atoms with van der Waals surface area (Å²) in [6, 6.07) is 0. The van der Waals surface area contributed by atoms with Crippen LogP contribution in [0.5, 0.6) is 0 Å². The van der Waals surface area contributed by atoms with Crippen LogP contribution in [0.15, 0.2) is 0 Å². The van der Waals surface area contributed by atoms with Crippen LogP contribution in [0.2, 0.25) is 0 Å². The number of halogens is 1. The SMILES string of the molecule is CCCC1(CCC)OCC(CI)CO1. The minimum absolute atomic E-state index is 0.244. The fraction of sp³-hybridized carbons (Fsp3) is 1.00. The standard InChI is InChI=1S/C11H21IO2/c1-3-5-11(6-4-2)13-8-10(7-12)9-14-11/h10H,3-9H2,1-2H3. The summed E-state index contributed by atoms with van der Waals surface area (Å²) in [5.41, 5.74) is 0. The largest absolute Gasteiger partial charge is 0.350 e. The van der Waals surface area contributed by atoms with Gasteiger partial charge in [0.15, 0.2) is 5.79 Å². The van der Waals surface area contributed by atoms with E-state index >= 15 is 0 Å². The maximum Gasteiger partial charge on any atom is 0.168 e. The predicted molar refractivity (Wildman–Crippen MR) is 66.8 cm³/mol. The minimum Gasteiger partial charge on any atom is -0.350 e. The van der Waals surface area contributed by atoms with E-state index < -0.39 is 0 Å². The third kappa shape index (κ3) is 3.35. The molecule has 14 heavy (non-hydrogen) atoms. The number of rotatable bonds is 5. The van der Waals surface area contributed by atoms with Crippen molar-refractivity contribution in [3.05, 3.63) is 0 Å². The molecule has 1 saturated heterocycles. The number of ether oxygens (including phenoxy) is 2. The third-order valence-corrected chi connectivity index (χ3v) is 3.89. The van der Waals surface area contributed by atoms with Gasteiger partial charge in [0.25, 0.3) is 0 Å². The summed E-state index contributed by atoms with van der Waals surface area (Å²) in [6.07, 6.45) is 4.34. The van der Waals surface area contributed by atoms with Crippen molar-refractivity contribution in [3.63, 3.8) is 0 Å². The molecule has 0 aliphatic carbocycles. The first-order chi connectivity index (χ1) is 6.76. The lowest BCUT2D eigenvalue weighted by molar-refractivity contribution is -0.286. The molecule has 0 radical (unpaired) electrons. The van der Waals surface area contributed by atoms with E-state index in [4.69, 9.17) is 9.47 Å². The Bertz CT molecular complexity index is 145. The van der Waals surface area contributed by atoms with Crippen LogP contribution < -0.4 is 0 Å². The van der Waals surface area contributed by atoms with Gasteiger partial charge in [0.05, 0.1) is 13.2 Å². The van der Waals surface area contributed by atoms with Crippen LogP contribution in [0.1, 0.15) is 39.5 Å². The molecule has 0 saturated carbocycles. The molecule has 0 amide bonds. The number of hydrogen-bond donors (Lipinski definition) is 0. The summed E-state index contributed by atoms with van der Waals surface area (Å²) >= 11 is 2.40. The quantitative estimate of drug-likeness (QED) is 0.572. The van der Waals surface area contributed by atoms with Crippen molar-refractivity contribution >= 4 is 22.6 Å². The zero-order valence-corrected chi connectivity index (χ0v) is 11.4. The lowest BCUT2D eigenvalue weighted by Crippen LogP contribution is -2.44. The number of alkyl halides is 1. The van der Waals surface area contributed by atoms with E-state index in [9.17, 15) is 0 Å². The summed E-state index contributed by atoms with van der Waals surface area (Å²) < 4.78 is 13.0. The van der Waals surface area contributed by atoms with Gasteiger partial charge in [-0.2, -0.15) is 0 Å². The Morgan fingerprint density at radius 1 is 1.14 bits per heavy atom. The lowest BCUT2D eigenvalue weighted by Gasteiger charge is -2.40. The topological polar surface area (TPSA) is 18.5 Å². The normalized spacial score (nSPS) is 22.5. The van der Waals surface area contributed by atoms with Crippen LogP contribution in [0.25, 0.3) is 0 Å². The molecule has 3 heteroatoms. The molecule has 0 atom stereocenters. The first kappa shape index (κ1) is 12.7. The van der Waals surface area contributed by atoms with Gasteiger partial charge in [-0.3, -0.25) is 0 Å². The zero-order valence-electron chi connectivity index (χ0n) is 9.22. The highest BCUT2D eigenvalue weighted by atomic mass is 127. The van der Waals surface area contributed by atoms with Gasteiger partial charge in [-0.1, -0.05) is 49.3 Å². The van der Waals surface area contributed by atoms with Gasteiger partial charge in [-0.05, 0) is 0 Å². The monoisotopic (exact) mass is 312 g/mol. The van der Waals surface area contributed by atoms with Crippen LogP contribution in [-0.2, 0) is 9.47 Å². The molecule has 0 N–H and O–H groups in total. The van der Waals surface area contributed by atoms with Crippen molar-refractivity contribution in [2.45, 2.75) is 45.3 Å². The Hall–Kier alpha value is 0.650. The van der Waals surface area contributed by atoms with Crippen molar-refractivity contribution in [3.8, 4) is 0 Å². The van der Waals surface area contributed by atoms with Gasteiger partial charge in [0.1, 0.15) is 0 Å². The highest BCUT2D eigenvalue weighted by Crippen LogP contribution is 2.31. The fourth-order valence-electron chi connectivity index (χ4n) is 1.89. The van der Waals surface area contributed by atoms with Gasteiger partial charge in [-0.25, -0.2) is 0 Å². The zero-order chi connectivity index (χ0) is 10.4. The van der Waals surface area contributed by atoms with Crippen LogP contribution in [-0.4, -0.2) is 23.4 Å². The molecule has 0 unspecified atom stereocenters. The van der Waals surface area contributed by atoms with E-state index in [1.807, 2.05) is 0 Å². The van der Waals surface area contributed by atoms with Gasteiger partial charge in [-0.15, -0.1) is 0 Å². The summed E-state index contributed by atoms with van der Waals surface area (Å²) in [7, 11) is 0. The molecule has 0 aromatic rings. The average Bonchev–Trinajstić information content (AvgIpc) is 2.20. The molecule has 0 aromatic heterocycles. The van der Waals surface area contributed by atoms with Crippen LogP contribution >= 0.6 is 22.6 Å². The summed E-state index contributed by atoms with van der Waals surface area (Å²) in [4.78, 5) is 0. The van der Waals surface area contributed by atoms with Gasteiger partial charge >= 0.3 is 0 Å². The number of hydrogen-bond acceptors (Lipinski definition) is 2. The molecule has 0 bridgehead atoms. The van der Waals surface area contributed by atoms with E-state index in [1.165, 1.54) is 0 Å². The van der Waals surface area contributed by atoms with Crippen molar-refractivity contribution in [2.75, 3.05) is 17.6 Å². The van der Waals surface area contributed by atoms with Gasteiger partial charge in [0, 0.05) is 23.2 Å². The second-order valence-electron chi connectivity index (χ2n) is 4.05. The molecular formula is C11H21IO2. The molecule has 2 nitrogen and oxygen atoms in total. The maximum absolute atomic E-state index is 5.92. The molecule has 1 fully saturated rings. The molecule has 0 spiro atoms. The van der Waals surface area contributed by atoms with Crippen molar-refractivity contribution in [1.29, 1.82) is 0 Å². The highest BCUT2D eigenvalue weighted by molar-refractivity contribution is 14.1. The molecule has 1 heterocycles. The van der Waals surface area contributed by atoms with E-state index in [0.717, 1.165) is 43.3 Å². The molecule has 1 aliphatic rings. The van der Waals surface area contributed by atoms with Crippen LogP contribution in [0.3, 0.4) is 0 Å².